The van der Waals surface area contributed by atoms with Crippen molar-refractivity contribution in [2.45, 2.75) is 31.6 Å². The van der Waals surface area contributed by atoms with Crippen LogP contribution >= 0.6 is 0 Å². The zero-order valence-corrected chi connectivity index (χ0v) is 13.4. The second kappa shape index (κ2) is 6.15. The Kier molecular flexibility index (Phi) is 4.68. The van der Waals surface area contributed by atoms with Gasteiger partial charge in [-0.1, -0.05) is 6.07 Å². The van der Waals surface area contributed by atoms with E-state index in [9.17, 15) is 13.2 Å². The lowest BCUT2D eigenvalue weighted by Gasteiger charge is -2.30. The zero-order valence-electron chi connectivity index (χ0n) is 12.6. The predicted octanol–water partition coefficient (Wildman–Crippen LogP) is 1.88. The largest absolute Gasteiger partial charge is 0.469 e. The van der Waals surface area contributed by atoms with Crippen LogP contribution in [0.25, 0.3) is 0 Å². The minimum absolute atomic E-state index is 0.196. The van der Waals surface area contributed by atoms with Gasteiger partial charge in [-0.15, -0.1) is 0 Å². The molecule has 0 aliphatic carbocycles. The number of hydrogen-bond acceptors (Lipinski definition) is 4. The summed E-state index contributed by atoms with van der Waals surface area (Å²) in [5.41, 5.74) is 1.82. The Hall–Kier alpha value is -1.40. The molecule has 1 aromatic carbocycles. The molecule has 1 aliphatic rings. The van der Waals surface area contributed by atoms with Gasteiger partial charge in [0.05, 0.1) is 17.9 Å². The van der Waals surface area contributed by atoms with Gasteiger partial charge in [0.1, 0.15) is 0 Å². The highest BCUT2D eigenvalue weighted by molar-refractivity contribution is 7.89. The molecular formula is C15H21NO4S. The number of hydrogen-bond donors (Lipinski definition) is 0. The highest BCUT2D eigenvalue weighted by Gasteiger charge is 2.33. The Morgan fingerprint density at radius 2 is 1.86 bits per heavy atom. The maximum Gasteiger partial charge on any atom is 0.309 e. The number of piperidine rings is 1. The summed E-state index contributed by atoms with van der Waals surface area (Å²) in [5, 5.41) is 0. The molecule has 1 heterocycles. The molecule has 116 valence electrons. The highest BCUT2D eigenvalue weighted by atomic mass is 32.2. The fourth-order valence-corrected chi connectivity index (χ4v) is 4.46. The van der Waals surface area contributed by atoms with Gasteiger partial charge in [-0.05, 0) is 49.9 Å². The van der Waals surface area contributed by atoms with E-state index >= 15 is 0 Å². The van der Waals surface area contributed by atoms with E-state index in [0.29, 0.717) is 24.3 Å². The van der Waals surface area contributed by atoms with Crippen molar-refractivity contribution in [3.63, 3.8) is 0 Å². The molecule has 0 spiro atoms. The van der Waals surface area contributed by atoms with E-state index in [0.717, 1.165) is 11.1 Å². The van der Waals surface area contributed by atoms with Crippen LogP contribution in [0.3, 0.4) is 0 Å². The summed E-state index contributed by atoms with van der Waals surface area (Å²) >= 11 is 0. The maximum absolute atomic E-state index is 12.7. The van der Waals surface area contributed by atoms with Crippen molar-refractivity contribution in [3.05, 3.63) is 29.3 Å². The second-order valence-corrected chi connectivity index (χ2v) is 7.49. The fourth-order valence-electron chi connectivity index (χ4n) is 2.75. The Morgan fingerprint density at radius 3 is 2.43 bits per heavy atom. The first-order valence-electron chi connectivity index (χ1n) is 7.01. The van der Waals surface area contributed by atoms with Gasteiger partial charge >= 0.3 is 5.97 Å². The van der Waals surface area contributed by atoms with Crippen molar-refractivity contribution in [3.8, 4) is 0 Å². The average Bonchev–Trinajstić information content (AvgIpc) is 2.45. The van der Waals surface area contributed by atoms with Crippen LogP contribution in [0.4, 0.5) is 0 Å². The smallest absolute Gasteiger partial charge is 0.309 e. The fraction of sp³-hybridized carbons (Fsp3) is 0.533. The Morgan fingerprint density at radius 1 is 1.24 bits per heavy atom. The second-order valence-electron chi connectivity index (χ2n) is 5.55. The number of carbonyl (C=O) groups is 1. The Balaban J connectivity index is 2.28. The molecule has 0 saturated carbocycles. The molecule has 1 atom stereocenters. The summed E-state index contributed by atoms with van der Waals surface area (Å²) in [7, 11) is -2.22. The molecule has 21 heavy (non-hydrogen) atoms. The van der Waals surface area contributed by atoms with Crippen LogP contribution in [0, 0.1) is 19.8 Å². The van der Waals surface area contributed by atoms with Gasteiger partial charge in [0.2, 0.25) is 10.0 Å². The van der Waals surface area contributed by atoms with Crippen molar-refractivity contribution < 1.29 is 17.9 Å². The number of carbonyl (C=O) groups excluding carboxylic acids is 1. The number of aryl methyl sites for hydroxylation is 2. The topological polar surface area (TPSA) is 63.7 Å². The van der Waals surface area contributed by atoms with Crippen LogP contribution in [0.1, 0.15) is 24.0 Å². The summed E-state index contributed by atoms with van der Waals surface area (Å²) in [6.07, 6.45) is 1.34. The standard InChI is InChI=1S/C15H21NO4S/c1-11-7-12(2)9-14(8-11)21(18,19)16-6-4-5-13(10-16)15(17)20-3/h7-9,13H,4-6,10H2,1-3H3/t13-/m0/s1. The summed E-state index contributed by atoms with van der Waals surface area (Å²) < 4.78 is 31.6. The van der Waals surface area contributed by atoms with Gasteiger partial charge in [0.15, 0.2) is 0 Å². The molecule has 0 bridgehead atoms. The molecule has 1 aromatic rings. The van der Waals surface area contributed by atoms with Gasteiger partial charge in [-0.25, -0.2) is 8.42 Å². The van der Waals surface area contributed by atoms with E-state index in [1.54, 1.807) is 12.1 Å². The van der Waals surface area contributed by atoms with Crippen LogP contribution in [0.15, 0.2) is 23.1 Å². The number of rotatable bonds is 3. The number of methoxy groups -OCH3 is 1. The molecule has 0 radical (unpaired) electrons. The number of sulfonamides is 1. The van der Waals surface area contributed by atoms with E-state index < -0.39 is 10.0 Å². The predicted molar refractivity (Wildman–Crippen MR) is 79.4 cm³/mol. The van der Waals surface area contributed by atoms with Crippen LogP contribution in [0.2, 0.25) is 0 Å². The van der Waals surface area contributed by atoms with Gasteiger partial charge in [-0.2, -0.15) is 4.31 Å². The van der Waals surface area contributed by atoms with Crippen LogP contribution < -0.4 is 0 Å². The lowest BCUT2D eigenvalue weighted by atomic mass is 10.0. The normalized spacial score (nSPS) is 20.2. The van der Waals surface area contributed by atoms with Crippen molar-refractivity contribution in [2.75, 3.05) is 20.2 Å². The first-order valence-corrected chi connectivity index (χ1v) is 8.45. The van der Waals surface area contributed by atoms with Crippen molar-refractivity contribution in [1.82, 2.24) is 4.31 Å². The number of ether oxygens (including phenoxy) is 1. The van der Waals surface area contributed by atoms with Crippen LogP contribution in [0.5, 0.6) is 0 Å². The lowest BCUT2D eigenvalue weighted by Crippen LogP contribution is -2.42. The molecule has 1 aliphatic heterocycles. The highest BCUT2D eigenvalue weighted by Crippen LogP contribution is 2.25. The zero-order chi connectivity index (χ0) is 15.6. The monoisotopic (exact) mass is 311 g/mol. The van der Waals surface area contributed by atoms with Crippen molar-refractivity contribution >= 4 is 16.0 Å². The summed E-state index contributed by atoms with van der Waals surface area (Å²) in [5.74, 6) is -0.709. The SMILES string of the molecule is COC(=O)[C@H]1CCCN(S(=O)(=O)c2cc(C)cc(C)c2)C1. The quantitative estimate of drug-likeness (QED) is 0.800. The van der Waals surface area contributed by atoms with Gasteiger partial charge in [0, 0.05) is 13.1 Å². The minimum Gasteiger partial charge on any atom is -0.469 e. The molecule has 1 fully saturated rings. The number of esters is 1. The maximum atomic E-state index is 12.7. The van der Waals surface area contributed by atoms with Gasteiger partial charge in [-0.3, -0.25) is 4.79 Å². The minimum atomic E-state index is -3.56. The van der Waals surface area contributed by atoms with E-state index in [4.69, 9.17) is 4.74 Å². The summed E-state index contributed by atoms with van der Waals surface area (Å²) in [6, 6.07) is 5.28. The summed E-state index contributed by atoms with van der Waals surface area (Å²) in [6.45, 7) is 4.39. The average molecular weight is 311 g/mol. The van der Waals surface area contributed by atoms with Crippen molar-refractivity contribution in [1.29, 1.82) is 0 Å². The van der Waals surface area contributed by atoms with E-state index in [2.05, 4.69) is 0 Å². The van der Waals surface area contributed by atoms with Crippen LogP contribution in [-0.2, 0) is 19.6 Å². The third-order valence-electron chi connectivity index (χ3n) is 3.75. The molecule has 5 nitrogen and oxygen atoms in total. The van der Waals surface area contributed by atoms with Crippen LogP contribution in [-0.4, -0.2) is 38.9 Å². The third-order valence-corrected chi connectivity index (χ3v) is 5.59. The van der Waals surface area contributed by atoms with Gasteiger partial charge < -0.3 is 4.74 Å². The molecule has 0 unspecified atom stereocenters. The molecule has 0 amide bonds. The number of benzene rings is 1. The lowest BCUT2D eigenvalue weighted by molar-refractivity contribution is -0.146. The number of nitrogens with zero attached hydrogens (tertiary/aromatic N) is 1. The molecule has 0 N–H and O–H groups in total. The molecule has 6 heteroatoms. The first kappa shape index (κ1) is 16.0. The molecule has 2 rings (SSSR count). The van der Waals surface area contributed by atoms with E-state index in [1.807, 2.05) is 19.9 Å². The van der Waals surface area contributed by atoms with Crippen molar-refractivity contribution in [2.24, 2.45) is 5.92 Å². The molecular weight excluding hydrogens is 290 g/mol. The van der Waals surface area contributed by atoms with E-state index in [-0.39, 0.29) is 18.4 Å². The molecule has 0 aromatic heterocycles. The Bertz CT molecular complexity index is 619. The Labute approximate surface area is 126 Å². The van der Waals surface area contributed by atoms with Gasteiger partial charge in [0.25, 0.3) is 0 Å². The third kappa shape index (κ3) is 3.44. The molecule has 1 saturated heterocycles. The summed E-state index contributed by atoms with van der Waals surface area (Å²) in [4.78, 5) is 11.9. The first-order chi connectivity index (χ1) is 9.84. The van der Waals surface area contributed by atoms with E-state index in [1.165, 1.54) is 11.4 Å².